The molecule has 0 bridgehead atoms. The predicted molar refractivity (Wildman–Crippen MR) is 114 cm³/mol. The largest absolute Gasteiger partial charge is 0.396 e. The fraction of sp³-hybridized carbons (Fsp3) is 0.920. The standard InChI is InChI=1S/C23H41NO.C2H2/c1-22-13-11-21-19(20(22)9-7-16(22)5-3-4-14-25)8-6-17-15-18(24)10-12-23(17,21)2;1-2/h16-21,25H,3-15,24H2,1-2H3;1-2H/t16-,17?,18+,19?,20?,21?,22+,23-;/m0./s1. The van der Waals surface area contributed by atoms with E-state index in [2.05, 4.69) is 26.7 Å². The molecule has 2 nitrogen and oxygen atoms in total. The average molecular weight is 374 g/mol. The third kappa shape index (κ3) is 3.60. The highest BCUT2D eigenvalue weighted by atomic mass is 16.2. The lowest BCUT2D eigenvalue weighted by molar-refractivity contribution is -0.113. The molecule has 3 N–H and O–H groups in total. The van der Waals surface area contributed by atoms with Crippen LogP contribution in [0.1, 0.15) is 90.9 Å². The Morgan fingerprint density at radius 2 is 1.59 bits per heavy atom. The summed E-state index contributed by atoms with van der Waals surface area (Å²) in [5.74, 6) is 4.79. The highest BCUT2D eigenvalue weighted by Crippen LogP contribution is 2.67. The first kappa shape index (κ1) is 21.2. The number of nitrogens with two attached hydrogens (primary N) is 1. The summed E-state index contributed by atoms with van der Waals surface area (Å²) in [4.78, 5) is 0. The summed E-state index contributed by atoms with van der Waals surface area (Å²) in [7, 11) is 0. The molecule has 4 aliphatic rings. The van der Waals surface area contributed by atoms with E-state index >= 15 is 0 Å². The van der Waals surface area contributed by atoms with Gasteiger partial charge in [0, 0.05) is 12.6 Å². The molecule has 0 spiro atoms. The van der Waals surface area contributed by atoms with E-state index in [9.17, 15) is 0 Å². The van der Waals surface area contributed by atoms with E-state index in [1.165, 1.54) is 70.6 Å². The fourth-order valence-corrected chi connectivity index (χ4v) is 8.38. The van der Waals surface area contributed by atoms with Crippen LogP contribution in [-0.4, -0.2) is 17.8 Å². The molecule has 4 aliphatic carbocycles. The number of hydrogen-bond donors (Lipinski definition) is 2. The lowest BCUT2D eigenvalue weighted by Gasteiger charge is -2.61. The summed E-state index contributed by atoms with van der Waals surface area (Å²) in [5.41, 5.74) is 7.53. The minimum absolute atomic E-state index is 0.374. The number of aliphatic hydroxyl groups excluding tert-OH is 1. The molecular formula is C25H43NO. The Kier molecular flexibility index (Phi) is 6.64. The molecule has 0 heterocycles. The number of aliphatic hydroxyl groups is 1. The molecule has 0 saturated heterocycles. The van der Waals surface area contributed by atoms with Crippen molar-refractivity contribution in [3.8, 4) is 12.8 Å². The number of unbranched alkanes of at least 4 members (excludes halogenated alkanes) is 1. The SMILES string of the molecule is C#C.C[C@]12CC[C@@H](N)CC1CCC1C2CC[C@@]2(C)C1CC[C@@H]2CCCCO. The van der Waals surface area contributed by atoms with E-state index in [1.54, 1.807) is 0 Å². The summed E-state index contributed by atoms with van der Waals surface area (Å²) in [6.07, 6.45) is 24.4. The zero-order valence-electron chi connectivity index (χ0n) is 17.8. The van der Waals surface area contributed by atoms with Crippen LogP contribution >= 0.6 is 0 Å². The van der Waals surface area contributed by atoms with Gasteiger partial charge in [-0.15, -0.1) is 12.8 Å². The van der Waals surface area contributed by atoms with Gasteiger partial charge in [0.15, 0.2) is 0 Å². The number of hydrogen-bond acceptors (Lipinski definition) is 2. The summed E-state index contributed by atoms with van der Waals surface area (Å²) < 4.78 is 0. The quantitative estimate of drug-likeness (QED) is 0.513. The van der Waals surface area contributed by atoms with Gasteiger partial charge in [-0.2, -0.15) is 0 Å². The molecule has 0 amide bonds. The Morgan fingerprint density at radius 1 is 0.889 bits per heavy atom. The van der Waals surface area contributed by atoms with Crippen molar-refractivity contribution in [2.45, 2.75) is 96.9 Å². The van der Waals surface area contributed by atoms with Gasteiger partial charge in [0.25, 0.3) is 0 Å². The summed E-state index contributed by atoms with van der Waals surface area (Å²) in [5, 5.41) is 9.14. The summed E-state index contributed by atoms with van der Waals surface area (Å²) in [6, 6.07) is 0.478. The minimum atomic E-state index is 0.374. The van der Waals surface area contributed by atoms with Crippen molar-refractivity contribution in [2.75, 3.05) is 6.61 Å². The normalized spacial score (nSPS) is 48.5. The van der Waals surface area contributed by atoms with Crippen LogP contribution in [0.2, 0.25) is 0 Å². The Morgan fingerprint density at radius 3 is 2.33 bits per heavy atom. The van der Waals surface area contributed by atoms with Crippen LogP contribution in [0, 0.1) is 53.3 Å². The van der Waals surface area contributed by atoms with Crippen LogP contribution in [-0.2, 0) is 0 Å². The molecule has 27 heavy (non-hydrogen) atoms. The van der Waals surface area contributed by atoms with Gasteiger partial charge in [-0.05, 0) is 111 Å². The van der Waals surface area contributed by atoms with E-state index < -0.39 is 0 Å². The molecule has 4 unspecified atom stereocenters. The lowest BCUT2D eigenvalue weighted by Crippen LogP contribution is -2.54. The van der Waals surface area contributed by atoms with Crippen molar-refractivity contribution in [3.63, 3.8) is 0 Å². The van der Waals surface area contributed by atoms with Gasteiger partial charge in [-0.3, -0.25) is 0 Å². The van der Waals surface area contributed by atoms with Crippen molar-refractivity contribution in [1.29, 1.82) is 0 Å². The number of fused-ring (bicyclic) bond motifs is 5. The van der Waals surface area contributed by atoms with Crippen LogP contribution < -0.4 is 5.73 Å². The van der Waals surface area contributed by atoms with E-state index in [0.717, 1.165) is 36.0 Å². The highest BCUT2D eigenvalue weighted by Gasteiger charge is 2.59. The van der Waals surface area contributed by atoms with Crippen molar-refractivity contribution >= 4 is 0 Å². The number of terminal acetylenes is 1. The van der Waals surface area contributed by atoms with Crippen molar-refractivity contribution in [1.82, 2.24) is 0 Å². The van der Waals surface area contributed by atoms with Gasteiger partial charge in [-0.1, -0.05) is 20.3 Å². The third-order valence-electron chi connectivity index (χ3n) is 9.86. The molecule has 154 valence electrons. The second kappa shape index (κ2) is 8.46. The van der Waals surface area contributed by atoms with Gasteiger partial charge in [0.1, 0.15) is 0 Å². The topological polar surface area (TPSA) is 46.2 Å². The molecule has 0 aromatic carbocycles. The Balaban J connectivity index is 0.00000102. The Labute approximate surface area is 168 Å². The van der Waals surface area contributed by atoms with Crippen LogP contribution in [0.3, 0.4) is 0 Å². The van der Waals surface area contributed by atoms with Crippen molar-refractivity contribution in [2.24, 2.45) is 46.2 Å². The maximum absolute atomic E-state index is 9.14. The van der Waals surface area contributed by atoms with Crippen LogP contribution in [0.15, 0.2) is 0 Å². The second-order valence-corrected chi connectivity index (χ2v) is 10.7. The van der Waals surface area contributed by atoms with E-state index in [0.29, 0.717) is 23.5 Å². The van der Waals surface area contributed by atoms with E-state index in [4.69, 9.17) is 10.8 Å². The smallest absolute Gasteiger partial charge is 0.0431 e. The highest BCUT2D eigenvalue weighted by molar-refractivity contribution is 5.09. The van der Waals surface area contributed by atoms with Crippen molar-refractivity contribution in [3.05, 3.63) is 0 Å². The molecule has 4 fully saturated rings. The first-order valence-corrected chi connectivity index (χ1v) is 11.7. The maximum Gasteiger partial charge on any atom is 0.0431 e. The summed E-state index contributed by atoms with van der Waals surface area (Å²) >= 11 is 0. The Bertz CT molecular complexity index is 516. The van der Waals surface area contributed by atoms with E-state index in [1.807, 2.05) is 0 Å². The van der Waals surface area contributed by atoms with Gasteiger partial charge >= 0.3 is 0 Å². The molecule has 8 atom stereocenters. The van der Waals surface area contributed by atoms with Gasteiger partial charge in [0.2, 0.25) is 0 Å². The first-order chi connectivity index (χ1) is 13.0. The predicted octanol–water partition coefficient (Wildman–Crippen LogP) is 5.38. The fourth-order valence-electron chi connectivity index (χ4n) is 8.38. The van der Waals surface area contributed by atoms with Gasteiger partial charge < -0.3 is 10.8 Å². The lowest BCUT2D eigenvalue weighted by atomic mass is 9.44. The molecule has 2 heteroatoms. The molecule has 0 aliphatic heterocycles. The third-order valence-corrected chi connectivity index (χ3v) is 9.86. The zero-order chi connectivity index (χ0) is 19.7. The van der Waals surface area contributed by atoms with Gasteiger partial charge in [-0.25, -0.2) is 0 Å². The minimum Gasteiger partial charge on any atom is -0.396 e. The van der Waals surface area contributed by atoms with Crippen LogP contribution in [0.25, 0.3) is 0 Å². The van der Waals surface area contributed by atoms with Crippen molar-refractivity contribution < 1.29 is 5.11 Å². The summed E-state index contributed by atoms with van der Waals surface area (Å²) in [6.45, 7) is 5.67. The van der Waals surface area contributed by atoms with Crippen LogP contribution in [0.5, 0.6) is 0 Å². The molecular weight excluding hydrogens is 330 g/mol. The monoisotopic (exact) mass is 373 g/mol. The Hall–Kier alpha value is -0.520. The molecule has 0 aromatic rings. The molecule has 0 aromatic heterocycles. The molecule has 4 rings (SSSR count). The van der Waals surface area contributed by atoms with E-state index in [-0.39, 0.29) is 0 Å². The zero-order valence-corrected chi connectivity index (χ0v) is 17.8. The molecule has 0 radical (unpaired) electrons. The maximum atomic E-state index is 9.14. The number of rotatable bonds is 4. The van der Waals surface area contributed by atoms with Crippen LogP contribution in [0.4, 0.5) is 0 Å². The average Bonchev–Trinajstić information content (AvgIpc) is 3.01. The second-order valence-electron chi connectivity index (χ2n) is 10.7. The van der Waals surface area contributed by atoms with Gasteiger partial charge in [0.05, 0.1) is 0 Å². The molecule has 4 saturated carbocycles. The first-order valence-electron chi connectivity index (χ1n) is 11.7.